The Kier molecular flexibility index (Phi) is 4.51. The molecule has 0 spiro atoms. The summed E-state index contributed by atoms with van der Waals surface area (Å²) in [6.07, 6.45) is 5.97. The Morgan fingerprint density at radius 1 is 1.29 bits per heavy atom. The van der Waals surface area contributed by atoms with Crippen molar-refractivity contribution in [1.82, 2.24) is 9.88 Å². The van der Waals surface area contributed by atoms with Crippen LogP contribution in [0.2, 0.25) is 0 Å². The number of carbonyl (C=O) groups is 1. The van der Waals surface area contributed by atoms with Crippen LogP contribution in [0.1, 0.15) is 0 Å². The SMILES string of the molecule is C=C/C=C(\C=C)N(C)C(=O)Oc1cccc2cccnc12. The number of allylic oxidation sites excluding steroid dienone is 3. The molecule has 0 bridgehead atoms. The Morgan fingerprint density at radius 3 is 2.76 bits per heavy atom. The number of hydrogen-bond donors (Lipinski definition) is 0. The Hall–Kier alpha value is -2.88. The van der Waals surface area contributed by atoms with Crippen LogP contribution in [0.15, 0.2) is 73.6 Å². The summed E-state index contributed by atoms with van der Waals surface area (Å²) in [5.41, 5.74) is 1.25. The zero-order valence-electron chi connectivity index (χ0n) is 11.8. The van der Waals surface area contributed by atoms with Gasteiger partial charge in [0.25, 0.3) is 0 Å². The van der Waals surface area contributed by atoms with E-state index in [1.807, 2.05) is 24.3 Å². The molecule has 4 nitrogen and oxygen atoms in total. The van der Waals surface area contributed by atoms with E-state index in [9.17, 15) is 4.79 Å². The number of ether oxygens (including phenoxy) is 1. The smallest absolute Gasteiger partial charge is 0.408 e. The van der Waals surface area contributed by atoms with Gasteiger partial charge < -0.3 is 4.74 Å². The van der Waals surface area contributed by atoms with Gasteiger partial charge in [-0.15, -0.1) is 0 Å². The molecule has 0 saturated heterocycles. The van der Waals surface area contributed by atoms with Crippen molar-refractivity contribution in [3.8, 4) is 5.75 Å². The molecule has 1 amide bonds. The minimum absolute atomic E-state index is 0.423. The molecule has 0 atom stereocenters. The first-order valence-electron chi connectivity index (χ1n) is 6.42. The van der Waals surface area contributed by atoms with Gasteiger partial charge >= 0.3 is 6.09 Å². The van der Waals surface area contributed by atoms with Gasteiger partial charge in [-0.1, -0.05) is 37.4 Å². The zero-order valence-corrected chi connectivity index (χ0v) is 11.8. The van der Waals surface area contributed by atoms with E-state index >= 15 is 0 Å². The van der Waals surface area contributed by atoms with E-state index in [-0.39, 0.29) is 0 Å². The van der Waals surface area contributed by atoms with Crippen molar-refractivity contribution in [2.45, 2.75) is 0 Å². The fourth-order valence-corrected chi connectivity index (χ4v) is 1.86. The van der Waals surface area contributed by atoms with E-state index in [1.54, 1.807) is 37.5 Å². The van der Waals surface area contributed by atoms with Crippen molar-refractivity contribution in [3.63, 3.8) is 0 Å². The molecule has 0 N–H and O–H groups in total. The lowest BCUT2D eigenvalue weighted by molar-refractivity contribution is 0.175. The number of para-hydroxylation sites is 1. The number of carbonyl (C=O) groups excluding carboxylic acids is 1. The largest absolute Gasteiger partial charge is 0.419 e. The molecule has 2 rings (SSSR count). The van der Waals surface area contributed by atoms with Crippen molar-refractivity contribution in [1.29, 1.82) is 0 Å². The molecule has 1 aromatic carbocycles. The number of fused-ring (bicyclic) bond motifs is 1. The van der Waals surface area contributed by atoms with Crippen LogP contribution < -0.4 is 4.74 Å². The molecular weight excluding hydrogens is 264 g/mol. The number of nitrogens with zero attached hydrogens (tertiary/aromatic N) is 2. The minimum Gasteiger partial charge on any atom is -0.408 e. The minimum atomic E-state index is -0.513. The average Bonchev–Trinajstić information content (AvgIpc) is 2.52. The molecule has 106 valence electrons. The maximum atomic E-state index is 12.2. The third-order valence-corrected chi connectivity index (χ3v) is 2.95. The Labute approximate surface area is 123 Å². The molecule has 0 radical (unpaired) electrons. The Balaban J connectivity index is 2.28. The predicted molar refractivity (Wildman–Crippen MR) is 84.0 cm³/mol. The fourth-order valence-electron chi connectivity index (χ4n) is 1.86. The van der Waals surface area contributed by atoms with E-state index in [0.29, 0.717) is 17.0 Å². The fraction of sp³-hybridized carbons (Fsp3) is 0.0588. The van der Waals surface area contributed by atoms with Crippen LogP contribution >= 0.6 is 0 Å². The molecule has 0 fully saturated rings. The van der Waals surface area contributed by atoms with Gasteiger partial charge in [0, 0.05) is 24.3 Å². The number of aromatic nitrogens is 1. The van der Waals surface area contributed by atoms with E-state index in [0.717, 1.165) is 5.39 Å². The van der Waals surface area contributed by atoms with Gasteiger partial charge in [-0.2, -0.15) is 0 Å². The van der Waals surface area contributed by atoms with Crippen LogP contribution in [0.25, 0.3) is 10.9 Å². The molecule has 4 heteroatoms. The highest BCUT2D eigenvalue weighted by molar-refractivity contribution is 5.87. The van der Waals surface area contributed by atoms with Gasteiger partial charge in [-0.3, -0.25) is 9.88 Å². The number of amides is 1. The molecule has 0 aliphatic rings. The second kappa shape index (κ2) is 6.52. The van der Waals surface area contributed by atoms with Gasteiger partial charge in [0.05, 0.1) is 0 Å². The summed E-state index contributed by atoms with van der Waals surface area (Å²) in [5, 5.41) is 0.913. The van der Waals surface area contributed by atoms with Crippen LogP contribution in [-0.2, 0) is 0 Å². The third kappa shape index (κ3) is 3.17. The van der Waals surface area contributed by atoms with E-state index in [4.69, 9.17) is 4.74 Å². The summed E-state index contributed by atoms with van der Waals surface area (Å²) in [6, 6.07) is 9.20. The normalized spacial score (nSPS) is 11.0. The van der Waals surface area contributed by atoms with Gasteiger partial charge in [0.2, 0.25) is 0 Å². The lowest BCUT2D eigenvalue weighted by Gasteiger charge is -2.17. The molecule has 0 unspecified atom stereocenters. The van der Waals surface area contributed by atoms with E-state index < -0.39 is 6.09 Å². The number of likely N-dealkylation sites (N-methyl/N-ethyl adjacent to an activating group) is 1. The molecule has 0 aliphatic carbocycles. The highest BCUT2D eigenvalue weighted by Gasteiger charge is 2.15. The first-order valence-corrected chi connectivity index (χ1v) is 6.42. The number of benzene rings is 1. The van der Waals surface area contributed by atoms with Crippen molar-refractivity contribution < 1.29 is 9.53 Å². The van der Waals surface area contributed by atoms with Crippen LogP contribution in [0, 0.1) is 0 Å². The highest BCUT2D eigenvalue weighted by Crippen LogP contribution is 2.23. The van der Waals surface area contributed by atoms with Crippen LogP contribution in [0.4, 0.5) is 4.79 Å². The summed E-state index contributed by atoms with van der Waals surface area (Å²) in [7, 11) is 1.61. The summed E-state index contributed by atoms with van der Waals surface area (Å²) in [5.74, 6) is 0.423. The van der Waals surface area contributed by atoms with Crippen molar-refractivity contribution in [2.24, 2.45) is 0 Å². The van der Waals surface area contributed by atoms with Gasteiger partial charge in [0.15, 0.2) is 5.75 Å². The van der Waals surface area contributed by atoms with Crippen molar-refractivity contribution >= 4 is 17.0 Å². The van der Waals surface area contributed by atoms with E-state index in [2.05, 4.69) is 18.1 Å². The molecule has 1 heterocycles. The van der Waals surface area contributed by atoms with Crippen LogP contribution in [0.5, 0.6) is 5.75 Å². The van der Waals surface area contributed by atoms with Crippen molar-refractivity contribution in [2.75, 3.05) is 7.05 Å². The summed E-state index contributed by atoms with van der Waals surface area (Å²) < 4.78 is 5.42. The Morgan fingerprint density at radius 2 is 2.05 bits per heavy atom. The summed E-state index contributed by atoms with van der Waals surface area (Å²) in [4.78, 5) is 17.8. The van der Waals surface area contributed by atoms with Crippen molar-refractivity contribution in [3.05, 3.63) is 73.6 Å². The molecule has 0 aliphatic heterocycles. The maximum Gasteiger partial charge on any atom is 0.419 e. The second-order valence-corrected chi connectivity index (χ2v) is 4.29. The van der Waals surface area contributed by atoms with Crippen LogP contribution in [-0.4, -0.2) is 23.0 Å². The van der Waals surface area contributed by atoms with E-state index in [1.165, 1.54) is 4.90 Å². The zero-order chi connectivity index (χ0) is 15.2. The average molecular weight is 280 g/mol. The molecule has 2 aromatic rings. The second-order valence-electron chi connectivity index (χ2n) is 4.29. The number of hydrogen-bond acceptors (Lipinski definition) is 3. The molecular formula is C17H16N2O2. The first-order chi connectivity index (χ1) is 10.2. The quantitative estimate of drug-likeness (QED) is 0.797. The van der Waals surface area contributed by atoms with Crippen LogP contribution in [0.3, 0.4) is 0 Å². The van der Waals surface area contributed by atoms with Gasteiger partial charge in [0.1, 0.15) is 5.52 Å². The molecule has 21 heavy (non-hydrogen) atoms. The monoisotopic (exact) mass is 280 g/mol. The molecule has 1 aromatic heterocycles. The summed E-state index contributed by atoms with van der Waals surface area (Å²) >= 11 is 0. The number of pyridine rings is 1. The van der Waals surface area contributed by atoms with Gasteiger partial charge in [-0.25, -0.2) is 4.79 Å². The predicted octanol–water partition coefficient (Wildman–Crippen LogP) is 3.92. The summed E-state index contributed by atoms with van der Waals surface area (Å²) in [6.45, 7) is 7.26. The molecule has 0 saturated carbocycles. The third-order valence-electron chi connectivity index (χ3n) is 2.95. The number of rotatable bonds is 4. The standard InChI is InChI=1S/C17H16N2O2/c1-4-8-14(5-2)19(3)17(20)21-15-11-6-9-13-10-7-12-18-16(13)15/h4-12H,1-2H2,3H3/b14-8+. The highest BCUT2D eigenvalue weighted by atomic mass is 16.6. The van der Waals surface area contributed by atoms with Gasteiger partial charge in [-0.05, 0) is 24.3 Å². The first kappa shape index (κ1) is 14.5. The Bertz CT molecular complexity index is 714. The topological polar surface area (TPSA) is 42.4 Å². The lowest BCUT2D eigenvalue weighted by Crippen LogP contribution is -2.28. The lowest BCUT2D eigenvalue weighted by atomic mass is 10.2. The maximum absolute atomic E-state index is 12.2.